The number of thioether (sulfide) groups is 1. The predicted octanol–water partition coefficient (Wildman–Crippen LogP) is 2.83. The molecular weight excluding hydrogens is 296 g/mol. The average molecular weight is 309 g/mol. The zero-order chi connectivity index (χ0) is 14.4. The SMILES string of the molecule is Nc1cc(NC(=O)CCSc2ncccn2)ccc1Cl. The monoisotopic (exact) mass is 308 g/mol. The molecule has 0 aliphatic carbocycles. The van der Waals surface area contributed by atoms with Gasteiger partial charge in [0.05, 0.1) is 10.7 Å². The van der Waals surface area contributed by atoms with Crippen LogP contribution >= 0.6 is 23.4 Å². The van der Waals surface area contributed by atoms with Gasteiger partial charge in [-0.3, -0.25) is 4.79 Å². The topological polar surface area (TPSA) is 80.9 Å². The zero-order valence-electron chi connectivity index (χ0n) is 10.5. The van der Waals surface area contributed by atoms with E-state index in [1.165, 1.54) is 11.8 Å². The first-order chi connectivity index (χ1) is 9.65. The summed E-state index contributed by atoms with van der Waals surface area (Å²) in [4.78, 5) is 19.9. The van der Waals surface area contributed by atoms with Crippen molar-refractivity contribution < 1.29 is 4.79 Å². The molecule has 3 N–H and O–H groups in total. The molecule has 0 atom stereocenters. The number of aromatic nitrogens is 2. The molecule has 0 saturated heterocycles. The number of carbonyl (C=O) groups excluding carboxylic acids is 1. The fraction of sp³-hybridized carbons (Fsp3) is 0.154. The number of carbonyl (C=O) groups is 1. The number of nitrogens with two attached hydrogens (primary N) is 1. The maximum absolute atomic E-state index is 11.8. The fourth-order valence-corrected chi connectivity index (χ4v) is 2.30. The zero-order valence-corrected chi connectivity index (χ0v) is 12.1. The lowest BCUT2D eigenvalue weighted by Crippen LogP contribution is -2.12. The molecule has 0 fully saturated rings. The van der Waals surface area contributed by atoms with E-state index in [1.807, 2.05) is 0 Å². The number of hydrogen-bond donors (Lipinski definition) is 2. The predicted molar refractivity (Wildman–Crippen MR) is 81.9 cm³/mol. The Morgan fingerprint density at radius 2 is 2.10 bits per heavy atom. The Kier molecular flexibility index (Phi) is 5.20. The quantitative estimate of drug-likeness (QED) is 0.504. The van der Waals surface area contributed by atoms with Gasteiger partial charge in [0.15, 0.2) is 5.16 Å². The summed E-state index contributed by atoms with van der Waals surface area (Å²) in [7, 11) is 0. The van der Waals surface area contributed by atoms with Crippen molar-refractivity contribution in [1.82, 2.24) is 9.97 Å². The van der Waals surface area contributed by atoms with Crippen LogP contribution in [0, 0.1) is 0 Å². The van der Waals surface area contributed by atoms with Crippen molar-refractivity contribution in [3.63, 3.8) is 0 Å². The normalized spacial score (nSPS) is 10.2. The Balaban J connectivity index is 1.79. The van der Waals surface area contributed by atoms with Gasteiger partial charge in [0.1, 0.15) is 0 Å². The Morgan fingerprint density at radius 3 is 2.80 bits per heavy atom. The molecule has 104 valence electrons. The van der Waals surface area contributed by atoms with Gasteiger partial charge in [-0.25, -0.2) is 9.97 Å². The second-order valence-corrected chi connectivity index (χ2v) is 5.38. The van der Waals surface area contributed by atoms with E-state index in [9.17, 15) is 4.79 Å². The molecule has 1 amide bonds. The number of benzene rings is 1. The van der Waals surface area contributed by atoms with Crippen molar-refractivity contribution in [3.05, 3.63) is 41.7 Å². The fourth-order valence-electron chi connectivity index (χ4n) is 1.44. The largest absolute Gasteiger partial charge is 0.397 e. The molecule has 0 aliphatic heterocycles. The third-order valence-electron chi connectivity index (χ3n) is 2.38. The van der Waals surface area contributed by atoms with Crippen LogP contribution in [-0.2, 0) is 4.79 Å². The number of rotatable bonds is 5. The number of amides is 1. The highest BCUT2D eigenvalue weighted by Gasteiger charge is 2.05. The number of anilines is 2. The summed E-state index contributed by atoms with van der Waals surface area (Å²) in [5.74, 6) is 0.522. The minimum absolute atomic E-state index is 0.0878. The highest BCUT2D eigenvalue weighted by atomic mass is 35.5. The summed E-state index contributed by atoms with van der Waals surface area (Å²) in [6.07, 6.45) is 3.71. The number of nitrogens with one attached hydrogen (secondary N) is 1. The van der Waals surface area contributed by atoms with E-state index in [0.29, 0.717) is 33.7 Å². The molecule has 0 saturated carbocycles. The summed E-state index contributed by atoms with van der Waals surface area (Å²) in [5, 5.41) is 3.90. The van der Waals surface area contributed by atoms with E-state index in [0.717, 1.165) is 0 Å². The Labute approximate surface area is 126 Å². The van der Waals surface area contributed by atoms with Crippen LogP contribution in [0.15, 0.2) is 41.8 Å². The molecule has 1 aromatic heterocycles. The van der Waals surface area contributed by atoms with E-state index in [4.69, 9.17) is 17.3 Å². The van der Waals surface area contributed by atoms with Crippen LogP contribution in [-0.4, -0.2) is 21.6 Å². The van der Waals surface area contributed by atoms with Gasteiger partial charge in [-0.1, -0.05) is 23.4 Å². The van der Waals surface area contributed by atoms with E-state index < -0.39 is 0 Å². The van der Waals surface area contributed by atoms with Gasteiger partial charge in [0, 0.05) is 30.3 Å². The molecule has 0 radical (unpaired) electrons. The van der Waals surface area contributed by atoms with E-state index in [1.54, 1.807) is 36.7 Å². The molecule has 1 heterocycles. The van der Waals surface area contributed by atoms with Gasteiger partial charge in [-0.15, -0.1) is 0 Å². The van der Waals surface area contributed by atoms with Crippen molar-refractivity contribution in [3.8, 4) is 0 Å². The van der Waals surface area contributed by atoms with Crippen LogP contribution in [0.5, 0.6) is 0 Å². The minimum Gasteiger partial charge on any atom is -0.397 e. The molecule has 0 spiro atoms. The molecule has 0 unspecified atom stereocenters. The van der Waals surface area contributed by atoms with Crippen LogP contribution in [0.2, 0.25) is 5.02 Å². The third-order valence-corrected chi connectivity index (χ3v) is 3.60. The van der Waals surface area contributed by atoms with Crippen LogP contribution in [0.3, 0.4) is 0 Å². The molecule has 5 nitrogen and oxygen atoms in total. The van der Waals surface area contributed by atoms with Crippen molar-refractivity contribution in [2.75, 3.05) is 16.8 Å². The van der Waals surface area contributed by atoms with Crippen molar-refractivity contribution in [2.45, 2.75) is 11.6 Å². The lowest BCUT2D eigenvalue weighted by molar-refractivity contribution is -0.115. The van der Waals surface area contributed by atoms with Crippen molar-refractivity contribution >= 4 is 40.6 Å². The van der Waals surface area contributed by atoms with Crippen LogP contribution in [0.1, 0.15) is 6.42 Å². The first-order valence-corrected chi connectivity index (χ1v) is 7.26. The van der Waals surface area contributed by atoms with Gasteiger partial charge in [0.2, 0.25) is 5.91 Å². The van der Waals surface area contributed by atoms with Gasteiger partial charge in [0.25, 0.3) is 0 Å². The van der Waals surface area contributed by atoms with Gasteiger partial charge in [-0.2, -0.15) is 0 Å². The first kappa shape index (κ1) is 14.6. The van der Waals surface area contributed by atoms with Crippen LogP contribution in [0.4, 0.5) is 11.4 Å². The highest BCUT2D eigenvalue weighted by molar-refractivity contribution is 7.99. The second kappa shape index (κ2) is 7.12. The number of hydrogen-bond acceptors (Lipinski definition) is 5. The van der Waals surface area contributed by atoms with Crippen molar-refractivity contribution in [1.29, 1.82) is 0 Å². The molecule has 0 aliphatic rings. The minimum atomic E-state index is -0.0878. The summed E-state index contributed by atoms with van der Waals surface area (Å²) in [6.45, 7) is 0. The number of nitrogen functional groups attached to an aromatic ring is 1. The molecule has 2 aromatic rings. The van der Waals surface area contributed by atoms with E-state index in [-0.39, 0.29) is 5.91 Å². The average Bonchev–Trinajstić information content (AvgIpc) is 2.44. The van der Waals surface area contributed by atoms with E-state index in [2.05, 4.69) is 15.3 Å². The number of halogens is 1. The van der Waals surface area contributed by atoms with E-state index >= 15 is 0 Å². The highest BCUT2D eigenvalue weighted by Crippen LogP contribution is 2.22. The maximum Gasteiger partial charge on any atom is 0.225 e. The number of nitrogens with zero attached hydrogens (tertiary/aromatic N) is 2. The van der Waals surface area contributed by atoms with Crippen LogP contribution in [0.25, 0.3) is 0 Å². The molecule has 20 heavy (non-hydrogen) atoms. The molecular formula is C13H13ClN4OS. The second-order valence-electron chi connectivity index (χ2n) is 3.91. The lowest BCUT2D eigenvalue weighted by atomic mass is 10.2. The Bertz CT molecular complexity index is 594. The summed E-state index contributed by atoms with van der Waals surface area (Å²) in [6, 6.07) is 6.75. The smallest absolute Gasteiger partial charge is 0.225 e. The van der Waals surface area contributed by atoms with Gasteiger partial charge < -0.3 is 11.1 Å². The Morgan fingerprint density at radius 1 is 1.35 bits per heavy atom. The van der Waals surface area contributed by atoms with Crippen LogP contribution < -0.4 is 11.1 Å². The lowest BCUT2D eigenvalue weighted by Gasteiger charge is -2.06. The molecule has 7 heteroatoms. The van der Waals surface area contributed by atoms with Gasteiger partial charge in [-0.05, 0) is 24.3 Å². The molecule has 0 bridgehead atoms. The maximum atomic E-state index is 11.8. The summed E-state index contributed by atoms with van der Waals surface area (Å²) < 4.78 is 0. The van der Waals surface area contributed by atoms with Gasteiger partial charge >= 0.3 is 0 Å². The van der Waals surface area contributed by atoms with Crippen molar-refractivity contribution in [2.24, 2.45) is 0 Å². The Hall–Kier alpha value is -1.79. The molecule has 1 aromatic carbocycles. The molecule has 2 rings (SSSR count). The summed E-state index contributed by atoms with van der Waals surface area (Å²) >= 11 is 7.25. The summed E-state index contributed by atoms with van der Waals surface area (Å²) in [5.41, 5.74) is 6.75. The standard InChI is InChI=1S/C13H13ClN4OS/c14-10-3-2-9(8-11(10)15)18-12(19)4-7-20-13-16-5-1-6-17-13/h1-3,5-6,8H,4,7,15H2,(H,18,19). The first-order valence-electron chi connectivity index (χ1n) is 5.90. The third kappa shape index (κ3) is 4.40.